The van der Waals surface area contributed by atoms with Crippen molar-refractivity contribution in [3.05, 3.63) is 36.0 Å². The van der Waals surface area contributed by atoms with Gasteiger partial charge in [-0.2, -0.15) is 18.2 Å². The third-order valence-electron chi connectivity index (χ3n) is 3.94. The Labute approximate surface area is 159 Å². The minimum atomic E-state index is -4.53. The molecule has 1 aromatic heterocycles. The molecule has 28 heavy (non-hydrogen) atoms. The quantitative estimate of drug-likeness (QED) is 0.809. The summed E-state index contributed by atoms with van der Waals surface area (Å²) >= 11 is 0. The summed E-state index contributed by atoms with van der Waals surface area (Å²) in [4.78, 5) is 22.4. The number of alkyl halides is 3. The second kappa shape index (κ2) is 8.42. The van der Waals surface area contributed by atoms with Gasteiger partial charge in [-0.05, 0) is 31.2 Å². The van der Waals surface area contributed by atoms with Gasteiger partial charge in [0.1, 0.15) is 12.2 Å². The number of ether oxygens (including phenoxy) is 1. The first-order valence-electron chi connectivity index (χ1n) is 8.70. The van der Waals surface area contributed by atoms with E-state index in [0.717, 1.165) is 18.8 Å². The van der Waals surface area contributed by atoms with Crippen molar-refractivity contribution in [3.63, 3.8) is 0 Å². The molecule has 1 saturated heterocycles. The second-order valence-corrected chi connectivity index (χ2v) is 6.34. The van der Waals surface area contributed by atoms with Crippen LogP contribution in [0.15, 0.2) is 30.3 Å². The van der Waals surface area contributed by atoms with Gasteiger partial charge in [-0.1, -0.05) is 0 Å². The van der Waals surface area contributed by atoms with Gasteiger partial charge in [-0.25, -0.2) is 4.98 Å². The van der Waals surface area contributed by atoms with Crippen molar-refractivity contribution >= 4 is 29.0 Å². The van der Waals surface area contributed by atoms with Crippen LogP contribution < -0.4 is 15.5 Å². The molecule has 150 valence electrons. The zero-order chi connectivity index (χ0) is 20.1. The molecule has 1 amide bonds. The molecule has 2 aromatic rings. The molecule has 1 aromatic carbocycles. The number of aromatic nitrogens is 2. The number of halogens is 3. The zero-order valence-corrected chi connectivity index (χ0v) is 15.2. The molecule has 7 nitrogen and oxygen atoms in total. The van der Waals surface area contributed by atoms with Crippen LogP contribution in [0, 0.1) is 6.92 Å². The van der Waals surface area contributed by atoms with Gasteiger partial charge in [-0.15, -0.1) is 0 Å². The van der Waals surface area contributed by atoms with Crippen LogP contribution in [-0.2, 0) is 9.53 Å². The lowest BCUT2D eigenvalue weighted by atomic mass is 10.2. The van der Waals surface area contributed by atoms with E-state index in [-0.39, 0.29) is 5.69 Å². The minimum Gasteiger partial charge on any atom is -0.378 e. The maximum Gasteiger partial charge on any atom is 0.397 e. The Hall–Kier alpha value is -2.88. The van der Waals surface area contributed by atoms with Crippen LogP contribution in [0.3, 0.4) is 0 Å². The summed E-state index contributed by atoms with van der Waals surface area (Å²) in [6, 6.07) is 8.13. The molecule has 0 saturated carbocycles. The fraction of sp³-hybridized carbons (Fsp3) is 0.389. The van der Waals surface area contributed by atoms with E-state index in [0.29, 0.717) is 30.7 Å². The van der Waals surface area contributed by atoms with E-state index in [4.69, 9.17) is 4.74 Å². The largest absolute Gasteiger partial charge is 0.397 e. The van der Waals surface area contributed by atoms with Gasteiger partial charge in [0.25, 0.3) is 0 Å². The third kappa shape index (κ3) is 5.81. The molecule has 1 fully saturated rings. The molecule has 0 radical (unpaired) electrons. The Kier molecular flexibility index (Phi) is 5.98. The van der Waals surface area contributed by atoms with Crippen molar-refractivity contribution in [1.82, 2.24) is 9.97 Å². The number of hydrogen-bond acceptors (Lipinski definition) is 6. The Bertz CT molecular complexity index is 821. The molecular weight excluding hydrogens is 375 g/mol. The van der Waals surface area contributed by atoms with Gasteiger partial charge < -0.3 is 20.3 Å². The number of nitrogens with zero attached hydrogens (tertiary/aromatic N) is 3. The van der Waals surface area contributed by atoms with Gasteiger partial charge >= 0.3 is 6.18 Å². The number of amides is 1. The first-order chi connectivity index (χ1) is 13.3. The van der Waals surface area contributed by atoms with E-state index in [1.165, 1.54) is 12.1 Å². The van der Waals surface area contributed by atoms with E-state index in [9.17, 15) is 18.0 Å². The lowest BCUT2D eigenvalue weighted by Gasteiger charge is -2.27. The minimum absolute atomic E-state index is 0.285. The van der Waals surface area contributed by atoms with Crippen molar-refractivity contribution < 1.29 is 22.7 Å². The Morgan fingerprint density at radius 2 is 1.79 bits per heavy atom. The van der Waals surface area contributed by atoms with Gasteiger partial charge in [0, 0.05) is 36.2 Å². The number of nitrogens with one attached hydrogen (secondary N) is 2. The topological polar surface area (TPSA) is 79.4 Å². The van der Waals surface area contributed by atoms with Gasteiger partial charge in [0.05, 0.1) is 13.2 Å². The SMILES string of the molecule is Cc1cc(Nc2ccc(NC(=O)CC(F)(F)F)cc2)nc(N2CCOCC2)n1. The molecule has 10 heteroatoms. The van der Waals surface area contributed by atoms with E-state index in [2.05, 4.69) is 20.6 Å². The first-order valence-corrected chi connectivity index (χ1v) is 8.70. The molecule has 0 bridgehead atoms. The van der Waals surface area contributed by atoms with Crippen LogP contribution in [0.25, 0.3) is 0 Å². The summed E-state index contributed by atoms with van der Waals surface area (Å²) < 4.78 is 42.0. The van der Waals surface area contributed by atoms with Gasteiger partial charge in [0.2, 0.25) is 11.9 Å². The first kappa shape index (κ1) is 19.9. The number of morpholine rings is 1. The summed E-state index contributed by atoms with van der Waals surface area (Å²) in [7, 11) is 0. The highest BCUT2D eigenvalue weighted by Gasteiger charge is 2.31. The van der Waals surface area contributed by atoms with Crippen molar-refractivity contribution in [2.45, 2.75) is 19.5 Å². The number of aryl methyl sites for hydroxylation is 1. The predicted octanol–water partition coefficient (Wildman–Crippen LogP) is 3.26. The molecular formula is C18H20F3N5O2. The van der Waals surface area contributed by atoms with Crippen molar-refractivity contribution in [2.24, 2.45) is 0 Å². The average molecular weight is 395 g/mol. The van der Waals surface area contributed by atoms with Crippen LogP contribution in [0.2, 0.25) is 0 Å². The van der Waals surface area contributed by atoms with Crippen molar-refractivity contribution in [1.29, 1.82) is 0 Å². The molecule has 1 aliphatic rings. The fourth-order valence-electron chi connectivity index (χ4n) is 2.69. The number of benzene rings is 1. The molecule has 3 rings (SSSR count). The summed E-state index contributed by atoms with van der Waals surface area (Å²) in [5.41, 5.74) is 1.77. The van der Waals surface area contributed by atoms with Crippen molar-refractivity contribution in [2.75, 3.05) is 41.8 Å². The van der Waals surface area contributed by atoms with E-state index in [1.54, 1.807) is 18.2 Å². The summed E-state index contributed by atoms with van der Waals surface area (Å²) in [6.07, 6.45) is -6.05. The molecule has 0 aliphatic carbocycles. The zero-order valence-electron chi connectivity index (χ0n) is 15.2. The third-order valence-corrected chi connectivity index (χ3v) is 3.94. The normalized spacial score (nSPS) is 14.6. The maximum atomic E-state index is 12.2. The fourth-order valence-corrected chi connectivity index (χ4v) is 2.69. The predicted molar refractivity (Wildman–Crippen MR) is 98.8 cm³/mol. The Balaban J connectivity index is 1.65. The van der Waals surface area contributed by atoms with Crippen LogP contribution in [0.1, 0.15) is 12.1 Å². The average Bonchev–Trinajstić information content (AvgIpc) is 2.62. The van der Waals surface area contributed by atoms with E-state index >= 15 is 0 Å². The highest BCUT2D eigenvalue weighted by molar-refractivity contribution is 5.91. The number of anilines is 4. The van der Waals surface area contributed by atoms with Gasteiger partial charge in [-0.3, -0.25) is 4.79 Å². The molecule has 2 N–H and O–H groups in total. The lowest BCUT2D eigenvalue weighted by Crippen LogP contribution is -2.37. The lowest BCUT2D eigenvalue weighted by molar-refractivity contribution is -0.150. The summed E-state index contributed by atoms with van der Waals surface area (Å²) in [6.45, 7) is 4.56. The number of carbonyl (C=O) groups excluding carboxylic acids is 1. The standard InChI is InChI=1S/C18H20F3N5O2/c1-12-10-15(25-17(22-12)26-6-8-28-9-7-26)23-13-2-4-14(5-3-13)24-16(27)11-18(19,20)21/h2-5,10H,6-9,11H2,1H3,(H,24,27)(H,22,23,25). The monoisotopic (exact) mass is 395 g/mol. The van der Waals surface area contributed by atoms with Crippen LogP contribution >= 0.6 is 0 Å². The van der Waals surface area contributed by atoms with E-state index in [1.807, 2.05) is 11.8 Å². The molecule has 1 aliphatic heterocycles. The van der Waals surface area contributed by atoms with E-state index < -0.39 is 18.5 Å². The number of hydrogen-bond donors (Lipinski definition) is 2. The van der Waals surface area contributed by atoms with Crippen molar-refractivity contribution in [3.8, 4) is 0 Å². The highest BCUT2D eigenvalue weighted by Crippen LogP contribution is 2.23. The Morgan fingerprint density at radius 3 is 2.43 bits per heavy atom. The van der Waals surface area contributed by atoms with Crippen LogP contribution in [0.5, 0.6) is 0 Å². The summed E-state index contributed by atoms with van der Waals surface area (Å²) in [5.74, 6) is 0.111. The van der Waals surface area contributed by atoms with Crippen LogP contribution in [-0.4, -0.2) is 48.4 Å². The smallest absolute Gasteiger partial charge is 0.378 e. The Morgan fingerprint density at radius 1 is 1.14 bits per heavy atom. The summed E-state index contributed by atoms with van der Waals surface area (Å²) in [5, 5.41) is 5.36. The molecule has 2 heterocycles. The number of rotatable bonds is 5. The molecule has 0 atom stereocenters. The van der Waals surface area contributed by atoms with Gasteiger partial charge in [0.15, 0.2) is 0 Å². The molecule has 0 unspecified atom stereocenters. The maximum absolute atomic E-state index is 12.2. The number of carbonyl (C=O) groups is 1. The highest BCUT2D eigenvalue weighted by atomic mass is 19.4. The molecule has 0 spiro atoms. The second-order valence-electron chi connectivity index (χ2n) is 6.34. The van der Waals surface area contributed by atoms with Crippen LogP contribution in [0.4, 0.5) is 36.3 Å².